The van der Waals surface area contributed by atoms with Crippen molar-refractivity contribution in [1.29, 1.82) is 0 Å². The number of esters is 3. The Morgan fingerprint density at radius 1 is 0.263 bits per heavy atom. The summed E-state index contributed by atoms with van der Waals surface area (Å²) in [5.41, 5.74) is 0. The van der Waals surface area contributed by atoms with Gasteiger partial charge in [-0.1, -0.05) is 284 Å². The number of rotatable bonds is 60. The highest BCUT2D eigenvalue weighted by Gasteiger charge is 2.19. The van der Waals surface area contributed by atoms with Gasteiger partial charge in [-0.05, 0) is 128 Å². The smallest absolute Gasteiger partial charge is 0.306 e. The van der Waals surface area contributed by atoms with Crippen LogP contribution >= 0.6 is 0 Å². The van der Waals surface area contributed by atoms with Crippen LogP contribution in [0.5, 0.6) is 0 Å². The Labute approximate surface area is 494 Å². The third kappa shape index (κ3) is 64.6. The van der Waals surface area contributed by atoms with Crippen molar-refractivity contribution < 1.29 is 28.6 Å². The van der Waals surface area contributed by atoms with E-state index in [0.717, 1.165) is 128 Å². The predicted octanol–water partition coefficient (Wildman–Crippen LogP) is 23.2. The molecule has 6 heteroatoms. The van der Waals surface area contributed by atoms with Gasteiger partial charge in [0, 0.05) is 19.3 Å². The molecule has 0 saturated heterocycles. The molecule has 0 fully saturated rings. The minimum Gasteiger partial charge on any atom is -0.462 e. The van der Waals surface area contributed by atoms with Crippen molar-refractivity contribution >= 4 is 17.9 Å². The summed E-state index contributed by atoms with van der Waals surface area (Å²) in [5.74, 6) is -0.898. The molecule has 0 aliphatic carbocycles. The minimum absolute atomic E-state index is 0.0865. The number of allylic oxidation sites excluding steroid dienone is 20. The molecule has 0 N–H and O–H groups in total. The lowest BCUT2D eigenvalue weighted by Gasteiger charge is -2.18. The van der Waals surface area contributed by atoms with E-state index < -0.39 is 6.10 Å². The van der Waals surface area contributed by atoms with Crippen LogP contribution in [0.2, 0.25) is 0 Å². The normalized spacial score (nSPS) is 12.9. The van der Waals surface area contributed by atoms with E-state index in [1.54, 1.807) is 0 Å². The molecule has 1 atom stereocenters. The van der Waals surface area contributed by atoms with Gasteiger partial charge in [0.25, 0.3) is 0 Å². The number of carbonyl (C=O) groups is 3. The second-order valence-corrected chi connectivity index (χ2v) is 22.0. The zero-order chi connectivity index (χ0) is 57.8. The van der Waals surface area contributed by atoms with E-state index >= 15 is 0 Å². The molecule has 456 valence electrons. The number of carbonyl (C=O) groups excluding carboxylic acids is 3. The van der Waals surface area contributed by atoms with Gasteiger partial charge < -0.3 is 14.2 Å². The fourth-order valence-electron chi connectivity index (χ4n) is 9.22. The average Bonchev–Trinajstić information content (AvgIpc) is 3.46. The Bertz CT molecular complexity index is 1650. The first-order chi connectivity index (χ1) is 39.5. The average molecular weight is 1110 g/mol. The first kappa shape index (κ1) is 75.8. The van der Waals surface area contributed by atoms with Gasteiger partial charge in [0.1, 0.15) is 13.2 Å². The molecule has 0 heterocycles. The van der Waals surface area contributed by atoms with Crippen LogP contribution in [0, 0.1) is 0 Å². The molecule has 1 unspecified atom stereocenters. The van der Waals surface area contributed by atoms with E-state index in [-0.39, 0.29) is 31.1 Å². The Kier molecular flexibility index (Phi) is 63.8. The predicted molar refractivity (Wildman–Crippen MR) is 348 cm³/mol. The Morgan fingerprint density at radius 3 is 0.775 bits per heavy atom. The van der Waals surface area contributed by atoms with E-state index in [4.69, 9.17) is 14.2 Å². The quantitative estimate of drug-likeness (QED) is 0.0261. The number of hydrogen-bond acceptors (Lipinski definition) is 6. The van der Waals surface area contributed by atoms with Gasteiger partial charge in [-0.2, -0.15) is 0 Å². The van der Waals surface area contributed by atoms with Crippen molar-refractivity contribution in [1.82, 2.24) is 0 Å². The van der Waals surface area contributed by atoms with E-state index in [9.17, 15) is 14.4 Å². The van der Waals surface area contributed by atoms with Gasteiger partial charge in [0.15, 0.2) is 6.10 Å². The van der Waals surface area contributed by atoms with Crippen molar-refractivity contribution in [3.05, 3.63) is 122 Å². The summed E-state index contributed by atoms with van der Waals surface area (Å²) in [4.78, 5) is 38.4. The largest absolute Gasteiger partial charge is 0.462 e. The maximum Gasteiger partial charge on any atom is 0.306 e. The van der Waals surface area contributed by atoms with Gasteiger partial charge in [-0.25, -0.2) is 0 Å². The summed E-state index contributed by atoms with van der Waals surface area (Å²) in [6, 6.07) is 0. The van der Waals surface area contributed by atoms with Crippen LogP contribution in [0.3, 0.4) is 0 Å². The summed E-state index contributed by atoms with van der Waals surface area (Å²) in [6.07, 6.45) is 93.5. The molecule has 0 aliphatic heterocycles. The molecule has 0 spiro atoms. The van der Waals surface area contributed by atoms with Crippen LogP contribution in [0.4, 0.5) is 0 Å². The molecule has 80 heavy (non-hydrogen) atoms. The third-order valence-corrected chi connectivity index (χ3v) is 14.2. The van der Waals surface area contributed by atoms with E-state index in [1.165, 1.54) is 141 Å². The molecular formula is C74H124O6. The SMILES string of the molecule is CC/C=C\C/C=C\C/C=C\C/C=C\C/C=C\CCCCCCCCCCCCCC(=O)OCC(COC(=O)CCCCCCC/C=C\CCCCCCC)OC(=O)CCCCCCCCCC/C=C\C/C=C\C/C=C\C/C=C\CC. The lowest BCUT2D eigenvalue weighted by atomic mass is 10.0. The number of unbranched alkanes of at least 4 members (excludes halogenated alkanes) is 29. The van der Waals surface area contributed by atoms with Crippen molar-refractivity contribution in [3.63, 3.8) is 0 Å². The summed E-state index contributed by atoms with van der Waals surface area (Å²) < 4.78 is 17.0. The number of hydrogen-bond donors (Lipinski definition) is 0. The molecule has 0 bridgehead atoms. The van der Waals surface area contributed by atoms with Gasteiger partial charge in [0.2, 0.25) is 0 Å². The van der Waals surface area contributed by atoms with E-state index in [0.29, 0.717) is 19.3 Å². The zero-order valence-electron chi connectivity index (χ0n) is 52.3. The highest BCUT2D eigenvalue weighted by Crippen LogP contribution is 2.16. The first-order valence-corrected chi connectivity index (χ1v) is 33.5. The second kappa shape index (κ2) is 67.3. The van der Waals surface area contributed by atoms with Gasteiger partial charge >= 0.3 is 17.9 Å². The topological polar surface area (TPSA) is 78.9 Å². The summed E-state index contributed by atoms with van der Waals surface area (Å²) in [7, 11) is 0. The molecule has 0 radical (unpaired) electrons. The monoisotopic (exact) mass is 1110 g/mol. The third-order valence-electron chi connectivity index (χ3n) is 14.2. The fourth-order valence-corrected chi connectivity index (χ4v) is 9.22. The molecule has 0 aromatic rings. The highest BCUT2D eigenvalue weighted by molar-refractivity contribution is 5.71. The minimum atomic E-state index is -0.791. The van der Waals surface area contributed by atoms with Gasteiger partial charge in [0.05, 0.1) is 0 Å². The van der Waals surface area contributed by atoms with Gasteiger partial charge in [-0.15, -0.1) is 0 Å². The molecule has 0 saturated carbocycles. The molecule has 6 nitrogen and oxygen atoms in total. The molecule has 0 rings (SSSR count). The van der Waals surface area contributed by atoms with Crippen molar-refractivity contribution in [2.24, 2.45) is 0 Å². The maximum atomic E-state index is 12.9. The van der Waals surface area contributed by atoms with Crippen LogP contribution in [-0.4, -0.2) is 37.2 Å². The second-order valence-electron chi connectivity index (χ2n) is 22.0. The summed E-state index contributed by atoms with van der Waals surface area (Å²) in [5, 5.41) is 0. The van der Waals surface area contributed by atoms with E-state index in [2.05, 4.69) is 142 Å². The number of ether oxygens (including phenoxy) is 3. The van der Waals surface area contributed by atoms with Crippen LogP contribution in [-0.2, 0) is 28.6 Å². The van der Waals surface area contributed by atoms with Crippen LogP contribution in [0.1, 0.15) is 310 Å². The Balaban J connectivity index is 4.35. The van der Waals surface area contributed by atoms with E-state index in [1.807, 2.05) is 0 Å². The zero-order valence-corrected chi connectivity index (χ0v) is 52.3. The molecule has 0 aromatic heterocycles. The fraction of sp³-hybridized carbons (Fsp3) is 0.689. The summed E-state index contributed by atoms with van der Waals surface area (Å²) >= 11 is 0. The van der Waals surface area contributed by atoms with Gasteiger partial charge in [-0.3, -0.25) is 14.4 Å². The first-order valence-electron chi connectivity index (χ1n) is 33.5. The lowest BCUT2D eigenvalue weighted by molar-refractivity contribution is -0.167. The van der Waals surface area contributed by atoms with Crippen LogP contribution < -0.4 is 0 Å². The molecular weight excluding hydrogens is 985 g/mol. The Hall–Kier alpha value is -4.19. The van der Waals surface area contributed by atoms with Crippen molar-refractivity contribution in [3.8, 4) is 0 Å². The van der Waals surface area contributed by atoms with Crippen molar-refractivity contribution in [2.75, 3.05) is 13.2 Å². The summed E-state index contributed by atoms with van der Waals surface area (Å²) in [6.45, 7) is 6.41. The highest BCUT2D eigenvalue weighted by atomic mass is 16.6. The molecule has 0 amide bonds. The lowest BCUT2D eigenvalue weighted by Crippen LogP contribution is -2.30. The van der Waals surface area contributed by atoms with Crippen molar-refractivity contribution in [2.45, 2.75) is 316 Å². The standard InChI is InChI=1S/C74H124O6/c1-4-7-10-13-16-19-22-25-28-30-32-34-35-36-37-38-39-41-42-44-46-49-52-55-58-61-64-67-73(76)79-70-71(69-78-72(75)66-63-60-57-54-51-48-27-24-21-18-15-12-9-6-3)80-74(77)68-65-62-59-56-53-50-47-45-43-40-33-31-29-26-23-20-17-14-11-8-5-2/h7-8,10-11,16-17,19-20,24-29,32-34,36-37,40,71H,4-6,9,12-15,18,21-23,30-31,35,38-39,41-70H2,1-3H3/b10-7-,11-8-,19-16-,20-17-,27-24-,28-25-,29-26-,34-32-,37-36-,40-33-. The van der Waals surface area contributed by atoms with Crippen LogP contribution in [0.25, 0.3) is 0 Å². The molecule has 0 aromatic carbocycles. The maximum absolute atomic E-state index is 12.9. The molecule has 0 aliphatic rings. The van der Waals surface area contributed by atoms with Crippen LogP contribution in [0.15, 0.2) is 122 Å². The Morgan fingerprint density at radius 2 is 0.487 bits per heavy atom.